The number of aryl methyl sites for hydroxylation is 4. The second-order valence-electron chi connectivity index (χ2n) is 4.49. The first kappa shape index (κ1) is 10.3. The number of hydrogen-bond acceptors (Lipinski definition) is 3. The van der Waals surface area contributed by atoms with Gasteiger partial charge in [-0.2, -0.15) is 0 Å². The number of fused-ring (bicyclic) bond motifs is 2. The van der Waals surface area contributed by atoms with Gasteiger partial charge in [0.05, 0.1) is 0 Å². The number of carbonyl (C=O) groups is 1. The summed E-state index contributed by atoms with van der Waals surface area (Å²) in [6.07, 6.45) is 1.59. The van der Waals surface area contributed by atoms with Gasteiger partial charge in [0.25, 0.3) is 0 Å². The zero-order valence-corrected chi connectivity index (χ0v) is 9.91. The summed E-state index contributed by atoms with van der Waals surface area (Å²) in [6.45, 7) is 3.81. The lowest BCUT2D eigenvalue weighted by molar-refractivity contribution is 0.103. The number of carbonyl (C=O) groups excluding carboxylic acids is 1. The predicted octanol–water partition coefficient (Wildman–Crippen LogP) is 2.62. The van der Waals surface area contributed by atoms with E-state index in [4.69, 9.17) is 4.42 Å². The molecule has 1 aromatic carbocycles. The van der Waals surface area contributed by atoms with Crippen LogP contribution in [-0.4, -0.2) is 10.8 Å². The van der Waals surface area contributed by atoms with Gasteiger partial charge in [-0.3, -0.25) is 4.79 Å². The molecule has 1 aromatic heterocycles. The first-order chi connectivity index (χ1) is 8.15. The van der Waals surface area contributed by atoms with Crippen LogP contribution in [0.3, 0.4) is 0 Å². The standard InChI is InChI=1S/C14H13NO2/c1-8-3-5-11-10(7-8)4-6-12-13(14(11)16)15-9(2)17-12/h3,5,7H,4,6H2,1-2H3. The van der Waals surface area contributed by atoms with Gasteiger partial charge < -0.3 is 4.42 Å². The molecule has 0 fully saturated rings. The van der Waals surface area contributed by atoms with Crippen LogP contribution in [0, 0.1) is 13.8 Å². The zero-order chi connectivity index (χ0) is 12.0. The quantitative estimate of drug-likeness (QED) is 0.694. The van der Waals surface area contributed by atoms with E-state index < -0.39 is 0 Å². The maximum atomic E-state index is 12.3. The summed E-state index contributed by atoms with van der Waals surface area (Å²) in [5.74, 6) is 1.28. The minimum Gasteiger partial charge on any atom is -0.445 e. The Labute approximate surface area is 99.5 Å². The van der Waals surface area contributed by atoms with E-state index in [1.807, 2.05) is 19.1 Å². The van der Waals surface area contributed by atoms with E-state index in [2.05, 4.69) is 11.1 Å². The Balaban J connectivity index is 2.19. The lowest BCUT2D eigenvalue weighted by Crippen LogP contribution is -2.04. The van der Waals surface area contributed by atoms with Crippen molar-refractivity contribution in [3.05, 3.63) is 52.2 Å². The summed E-state index contributed by atoms with van der Waals surface area (Å²) in [5.41, 5.74) is 3.54. The lowest BCUT2D eigenvalue weighted by Gasteiger charge is -2.04. The zero-order valence-electron chi connectivity index (χ0n) is 9.91. The smallest absolute Gasteiger partial charge is 0.215 e. The molecule has 0 bridgehead atoms. The molecule has 3 rings (SSSR count). The molecule has 0 spiro atoms. The van der Waals surface area contributed by atoms with Crippen molar-refractivity contribution in [2.75, 3.05) is 0 Å². The van der Waals surface area contributed by atoms with Crippen molar-refractivity contribution in [2.24, 2.45) is 0 Å². The molecule has 3 heteroatoms. The molecule has 0 amide bonds. The third kappa shape index (κ3) is 1.58. The highest BCUT2D eigenvalue weighted by Gasteiger charge is 2.25. The van der Waals surface area contributed by atoms with E-state index in [1.54, 1.807) is 6.92 Å². The summed E-state index contributed by atoms with van der Waals surface area (Å²) >= 11 is 0. The van der Waals surface area contributed by atoms with Crippen LogP contribution in [0.15, 0.2) is 22.6 Å². The summed E-state index contributed by atoms with van der Waals surface area (Å²) in [6, 6.07) is 5.94. The monoisotopic (exact) mass is 227 g/mol. The number of benzene rings is 1. The fraction of sp³-hybridized carbons (Fsp3) is 0.286. The van der Waals surface area contributed by atoms with Gasteiger partial charge in [-0.25, -0.2) is 4.98 Å². The molecule has 0 saturated carbocycles. The summed E-state index contributed by atoms with van der Waals surface area (Å²) < 4.78 is 5.49. The van der Waals surface area contributed by atoms with Crippen LogP contribution in [0.1, 0.15) is 38.8 Å². The number of nitrogens with zero attached hydrogens (tertiary/aromatic N) is 1. The number of aromatic nitrogens is 1. The van der Waals surface area contributed by atoms with Crippen LogP contribution >= 0.6 is 0 Å². The average molecular weight is 227 g/mol. The largest absolute Gasteiger partial charge is 0.445 e. The Morgan fingerprint density at radius 2 is 2.06 bits per heavy atom. The van der Waals surface area contributed by atoms with E-state index in [0.717, 1.165) is 29.7 Å². The average Bonchev–Trinajstić information content (AvgIpc) is 2.62. The molecule has 17 heavy (non-hydrogen) atoms. The number of rotatable bonds is 0. The Bertz CT molecular complexity index is 611. The molecule has 2 aromatic rings. The second-order valence-corrected chi connectivity index (χ2v) is 4.49. The molecule has 1 aliphatic rings. The van der Waals surface area contributed by atoms with Crippen molar-refractivity contribution in [3.63, 3.8) is 0 Å². The summed E-state index contributed by atoms with van der Waals surface area (Å²) in [4.78, 5) is 16.5. The second kappa shape index (κ2) is 3.55. The Morgan fingerprint density at radius 3 is 2.88 bits per heavy atom. The van der Waals surface area contributed by atoms with Gasteiger partial charge >= 0.3 is 0 Å². The minimum atomic E-state index is -0.00986. The molecule has 86 valence electrons. The van der Waals surface area contributed by atoms with Gasteiger partial charge in [-0.05, 0) is 18.9 Å². The van der Waals surface area contributed by atoms with Crippen molar-refractivity contribution >= 4 is 5.78 Å². The Hall–Kier alpha value is -1.90. The molecule has 3 nitrogen and oxygen atoms in total. The normalized spacial score (nSPS) is 14.1. The predicted molar refractivity (Wildman–Crippen MR) is 63.3 cm³/mol. The first-order valence-corrected chi connectivity index (χ1v) is 5.75. The van der Waals surface area contributed by atoms with Crippen LogP contribution in [0.2, 0.25) is 0 Å². The van der Waals surface area contributed by atoms with Gasteiger partial charge in [0, 0.05) is 18.9 Å². The maximum absolute atomic E-state index is 12.3. The molecule has 0 N–H and O–H groups in total. The van der Waals surface area contributed by atoms with Gasteiger partial charge in [-0.15, -0.1) is 0 Å². The number of ketones is 1. The molecule has 1 heterocycles. The summed E-state index contributed by atoms with van der Waals surface area (Å²) in [5, 5.41) is 0. The Morgan fingerprint density at radius 1 is 1.24 bits per heavy atom. The highest BCUT2D eigenvalue weighted by molar-refractivity contribution is 6.09. The van der Waals surface area contributed by atoms with Gasteiger partial charge in [0.2, 0.25) is 5.78 Å². The third-order valence-electron chi connectivity index (χ3n) is 3.15. The van der Waals surface area contributed by atoms with Crippen molar-refractivity contribution in [2.45, 2.75) is 26.7 Å². The number of hydrogen-bond donors (Lipinski definition) is 0. The van der Waals surface area contributed by atoms with Gasteiger partial charge in [0.15, 0.2) is 11.6 Å². The van der Waals surface area contributed by atoms with E-state index in [9.17, 15) is 4.79 Å². The third-order valence-corrected chi connectivity index (χ3v) is 3.15. The van der Waals surface area contributed by atoms with Gasteiger partial charge in [-0.1, -0.05) is 23.8 Å². The topological polar surface area (TPSA) is 43.1 Å². The van der Waals surface area contributed by atoms with Crippen LogP contribution < -0.4 is 0 Å². The fourth-order valence-corrected chi connectivity index (χ4v) is 2.34. The molecule has 0 aliphatic heterocycles. The van der Waals surface area contributed by atoms with Crippen molar-refractivity contribution in [1.29, 1.82) is 0 Å². The van der Waals surface area contributed by atoms with Crippen LogP contribution in [0.25, 0.3) is 0 Å². The van der Waals surface area contributed by atoms with E-state index >= 15 is 0 Å². The van der Waals surface area contributed by atoms with E-state index in [1.165, 1.54) is 5.56 Å². The molecular formula is C14H13NO2. The Kier molecular flexibility index (Phi) is 2.15. The molecule has 1 aliphatic carbocycles. The SMILES string of the molecule is Cc1ccc2c(c1)CCc1oc(C)nc1C2=O. The van der Waals surface area contributed by atoms with E-state index in [0.29, 0.717) is 11.6 Å². The minimum absolute atomic E-state index is 0.00986. The van der Waals surface area contributed by atoms with Crippen molar-refractivity contribution in [3.8, 4) is 0 Å². The highest BCUT2D eigenvalue weighted by atomic mass is 16.4. The van der Waals surface area contributed by atoms with Gasteiger partial charge in [0.1, 0.15) is 5.76 Å². The molecular weight excluding hydrogens is 214 g/mol. The lowest BCUT2D eigenvalue weighted by atomic mass is 9.99. The van der Waals surface area contributed by atoms with Crippen molar-refractivity contribution in [1.82, 2.24) is 4.98 Å². The van der Waals surface area contributed by atoms with Crippen molar-refractivity contribution < 1.29 is 9.21 Å². The molecule has 0 radical (unpaired) electrons. The van der Waals surface area contributed by atoms with Crippen LogP contribution in [-0.2, 0) is 12.8 Å². The first-order valence-electron chi connectivity index (χ1n) is 5.75. The summed E-state index contributed by atoms with van der Waals surface area (Å²) in [7, 11) is 0. The number of oxazole rings is 1. The molecule has 0 atom stereocenters. The molecule has 0 saturated heterocycles. The highest BCUT2D eigenvalue weighted by Crippen LogP contribution is 2.25. The molecule has 0 unspecified atom stereocenters. The van der Waals surface area contributed by atoms with Crippen LogP contribution in [0.5, 0.6) is 0 Å². The fourth-order valence-electron chi connectivity index (χ4n) is 2.34. The van der Waals surface area contributed by atoms with Crippen LogP contribution in [0.4, 0.5) is 0 Å². The van der Waals surface area contributed by atoms with E-state index in [-0.39, 0.29) is 5.78 Å². The maximum Gasteiger partial charge on any atom is 0.215 e.